The maximum absolute atomic E-state index is 11.5. The third-order valence-corrected chi connectivity index (χ3v) is 3.08. The molecule has 0 aliphatic heterocycles. The molecule has 2 aliphatic carbocycles. The Morgan fingerprint density at radius 2 is 2.23 bits per heavy atom. The number of rotatable bonds is 2. The van der Waals surface area contributed by atoms with Crippen LogP contribution in [0.5, 0.6) is 0 Å². The van der Waals surface area contributed by atoms with E-state index in [0.29, 0.717) is 18.4 Å². The topological polar surface area (TPSA) is 52.3 Å². The zero-order chi connectivity index (χ0) is 9.42. The predicted molar refractivity (Wildman–Crippen MR) is 48.8 cm³/mol. The van der Waals surface area contributed by atoms with E-state index >= 15 is 0 Å². The third-order valence-electron chi connectivity index (χ3n) is 3.08. The van der Waals surface area contributed by atoms with E-state index in [1.165, 1.54) is 0 Å². The van der Waals surface area contributed by atoms with E-state index in [0.717, 1.165) is 6.42 Å². The maximum Gasteiger partial charge on any atom is 0.311 e. The summed E-state index contributed by atoms with van der Waals surface area (Å²) in [7, 11) is 0. The highest BCUT2D eigenvalue weighted by atomic mass is 16.5. The number of hydrogen-bond acceptors (Lipinski definition) is 3. The first-order valence-electron chi connectivity index (χ1n) is 4.84. The van der Waals surface area contributed by atoms with Crippen molar-refractivity contribution in [2.45, 2.75) is 19.4 Å². The van der Waals surface area contributed by atoms with Gasteiger partial charge >= 0.3 is 5.97 Å². The molecule has 0 amide bonds. The Bertz CT molecular complexity index is 249. The molecule has 4 atom stereocenters. The Labute approximate surface area is 77.9 Å². The van der Waals surface area contributed by atoms with Crippen LogP contribution >= 0.6 is 0 Å². The molecule has 0 saturated heterocycles. The third kappa shape index (κ3) is 1.27. The van der Waals surface area contributed by atoms with Crippen molar-refractivity contribution in [3.8, 4) is 0 Å². The molecule has 0 heterocycles. The first-order chi connectivity index (χ1) is 6.24. The van der Waals surface area contributed by atoms with Gasteiger partial charge in [-0.15, -0.1) is 0 Å². The molecule has 2 N–H and O–H groups in total. The molecule has 1 fully saturated rings. The van der Waals surface area contributed by atoms with Crippen LogP contribution in [0.4, 0.5) is 0 Å². The number of ether oxygens (including phenoxy) is 1. The van der Waals surface area contributed by atoms with Crippen LogP contribution < -0.4 is 5.73 Å². The van der Waals surface area contributed by atoms with Gasteiger partial charge in [0, 0.05) is 6.04 Å². The van der Waals surface area contributed by atoms with E-state index < -0.39 is 0 Å². The molecule has 13 heavy (non-hydrogen) atoms. The van der Waals surface area contributed by atoms with Crippen LogP contribution in [0.25, 0.3) is 0 Å². The van der Waals surface area contributed by atoms with E-state index in [1.807, 2.05) is 6.92 Å². The second-order valence-corrected chi connectivity index (χ2v) is 3.80. The minimum absolute atomic E-state index is 0.0194. The van der Waals surface area contributed by atoms with Crippen LogP contribution in [0.1, 0.15) is 13.3 Å². The SMILES string of the molecule is CCOC(=O)[C@@H]1[C@H](N)[C@@H]2C=C[C@@H]1C2. The Morgan fingerprint density at radius 1 is 1.54 bits per heavy atom. The average molecular weight is 181 g/mol. The van der Waals surface area contributed by atoms with Crippen molar-refractivity contribution in [3.05, 3.63) is 12.2 Å². The lowest BCUT2D eigenvalue weighted by Gasteiger charge is -2.22. The summed E-state index contributed by atoms with van der Waals surface area (Å²) in [4.78, 5) is 11.5. The van der Waals surface area contributed by atoms with Gasteiger partial charge in [0.25, 0.3) is 0 Å². The lowest BCUT2D eigenvalue weighted by atomic mass is 9.90. The highest BCUT2D eigenvalue weighted by molar-refractivity contribution is 5.75. The molecule has 0 spiro atoms. The van der Waals surface area contributed by atoms with Crippen molar-refractivity contribution in [2.75, 3.05) is 6.61 Å². The number of esters is 1. The van der Waals surface area contributed by atoms with Gasteiger partial charge in [-0.1, -0.05) is 12.2 Å². The van der Waals surface area contributed by atoms with Gasteiger partial charge in [0.05, 0.1) is 12.5 Å². The van der Waals surface area contributed by atoms with Gasteiger partial charge in [-0.2, -0.15) is 0 Å². The molecule has 0 unspecified atom stereocenters. The van der Waals surface area contributed by atoms with Gasteiger partial charge in [-0.05, 0) is 25.2 Å². The summed E-state index contributed by atoms with van der Waals surface area (Å²) in [6.45, 7) is 2.27. The Kier molecular flexibility index (Phi) is 2.12. The van der Waals surface area contributed by atoms with Crippen molar-refractivity contribution in [2.24, 2.45) is 23.5 Å². The fourth-order valence-corrected chi connectivity index (χ4v) is 2.43. The molecule has 0 aromatic heterocycles. The first-order valence-corrected chi connectivity index (χ1v) is 4.84. The van der Waals surface area contributed by atoms with Gasteiger partial charge in [0.2, 0.25) is 0 Å². The van der Waals surface area contributed by atoms with Crippen molar-refractivity contribution in [3.63, 3.8) is 0 Å². The molecule has 0 radical (unpaired) electrons. The molecular weight excluding hydrogens is 166 g/mol. The van der Waals surface area contributed by atoms with Crippen LogP contribution in [0.3, 0.4) is 0 Å². The highest BCUT2D eigenvalue weighted by Gasteiger charge is 2.46. The minimum atomic E-state index is -0.119. The average Bonchev–Trinajstić information content (AvgIpc) is 2.63. The predicted octanol–water partition coefficient (Wildman–Crippen LogP) is 0.699. The maximum atomic E-state index is 11.5. The van der Waals surface area contributed by atoms with Crippen LogP contribution in [-0.4, -0.2) is 18.6 Å². The van der Waals surface area contributed by atoms with Crippen molar-refractivity contribution >= 4 is 5.97 Å². The first kappa shape index (κ1) is 8.75. The minimum Gasteiger partial charge on any atom is -0.466 e. The van der Waals surface area contributed by atoms with E-state index in [1.54, 1.807) is 0 Å². The summed E-state index contributed by atoms with van der Waals surface area (Å²) >= 11 is 0. The molecule has 0 aromatic carbocycles. The summed E-state index contributed by atoms with van der Waals surface area (Å²) in [5.41, 5.74) is 5.94. The molecule has 3 nitrogen and oxygen atoms in total. The number of allylic oxidation sites excluding steroid dienone is 1. The molecule has 2 aliphatic rings. The normalized spacial score (nSPS) is 41.1. The van der Waals surface area contributed by atoms with Crippen molar-refractivity contribution in [1.29, 1.82) is 0 Å². The zero-order valence-corrected chi connectivity index (χ0v) is 7.77. The Balaban J connectivity index is 2.08. The number of carbonyl (C=O) groups excluding carboxylic acids is 1. The van der Waals surface area contributed by atoms with E-state index in [9.17, 15) is 4.79 Å². The second kappa shape index (κ2) is 3.14. The number of carbonyl (C=O) groups is 1. The summed E-state index contributed by atoms with van der Waals surface area (Å²) in [6, 6.07) is -0.0194. The summed E-state index contributed by atoms with van der Waals surface area (Å²) in [5.74, 6) is 0.528. The van der Waals surface area contributed by atoms with E-state index in [-0.39, 0.29) is 17.9 Å². The van der Waals surface area contributed by atoms with E-state index in [2.05, 4.69) is 12.2 Å². The molecule has 2 bridgehead atoms. The quantitative estimate of drug-likeness (QED) is 0.504. The number of fused-ring (bicyclic) bond motifs is 2. The number of hydrogen-bond donors (Lipinski definition) is 1. The molecular formula is C10H15NO2. The van der Waals surface area contributed by atoms with Gasteiger partial charge in [0.1, 0.15) is 0 Å². The van der Waals surface area contributed by atoms with Gasteiger partial charge in [0.15, 0.2) is 0 Å². The molecule has 1 saturated carbocycles. The summed E-state index contributed by atoms with van der Waals surface area (Å²) in [6.07, 6.45) is 5.27. The lowest BCUT2D eigenvalue weighted by Crippen LogP contribution is -2.39. The van der Waals surface area contributed by atoms with Crippen LogP contribution in [0.15, 0.2) is 12.2 Å². The number of nitrogens with two attached hydrogens (primary N) is 1. The lowest BCUT2D eigenvalue weighted by molar-refractivity contribution is -0.149. The fraction of sp³-hybridized carbons (Fsp3) is 0.700. The molecule has 0 aromatic rings. The van der Waals surface area contributed by atoms with Crippen LogP contribution in [0.2, 0.25) is 0 Å². The monoisotopic (exact) mass is 181 g/mol. The van der Waals surface area contributed by atoms with Crippen molar-refractivity contribution < 1.29 is 9.53 Å². The largest absolute Gasteiger partial charge is 0.466 e. The van der Waals surface area contributed by atoms with Gasteiger partial charge < -0.3 is 10.5 Å². The highest BCUT2D eigenvalue weighted by Crippen LogP contribution is 2.43. The van der Waals surface area contributed by atoms with Gasteiger partial charge in [-0.25, -0.2) is 0 Å². The summed E-state index contributed by atoms with van der Waals surface area (Å²) in [5, 5.41) is 0. The Morgan fingerprint density at radius 3 is 2.77 bits per heavy atom. The van der Waals surface area contributed by atoms with Gasteiger partial charge in [-0.3, -0.25) is 4.79 Å². The van der Waals surface area contributed by atoms with Crippen molar-refractivity contribution in [1.82, 2.24) is 0 Å². The second-order valence-electron chi connectivity index (χ2n) is 3.80. The summed E-state index contributed by atoms with van der Waals surface area (Å²) < 4.78 is 5.00. The molecule has 72 valence electrons. The smallest absolute Gasteiger partial charge is 0.311 e. The van der Waals surface area contributed by atoms with Crippen LogP contribution in [0, 0.1) is 17.8 Å². The zero-order valence-electron chi connectivity index (χ0n) is 7.77. The van der Waals surface area contributed by atoms with Crippen LogP contribution in [-0.2, 0) is 9.53 Å². The molecule has 3 heteroatoms. The van der Waals surface area contributed by atoms with E-state index in [4.69, 9.17) is 10.5 Å². The standard InChI is InChI=1S/C10H15NO2/c1-2-13-10(12)8-6-3-4-7(5-6)9(8)11/h3-4,6-9H,2,5,11H2,1H3/t6-,7-,8+,9-/m1/s1. The fourth-order valence-electron chi connectivity index (χ4n) is 2.43. The molecule has 2 rings (SSSR count). The Hall–Kier alpha value is -0.830.